The molecular weight excluding hydrogens is 274 g/mol. The van der Waals surface area contributed by atoms with Crippen molar-refractivity contribution >= 4 is 15.7 Å². The predicted molar refractivity (Wildman–Crippen MR) is 80.2 cm³/mol. The standard InChI is InChI=1S/C14H23N3O2S/c1-3-5-11-17(12-8-9-12)20(18,19)14-13(15-4-2)7-6-10-16-14/h6-7,10,12,15H,3-5,8-9,11H2,1-2H3. The van der Waals surface area contributed by atoms with Gasteiger partial charge in [-0.25, -0.2) is 13.4 Å². The molecule has 1 heterocycles. The minimum absolute atomic E-state index is 0.157. The summed E-state index contributed by atoms with van der Waals surface area (Å²) in [5, 5.41) is 3.24. The van der Waals surface area contributed by atoms with E-state index in [0.717, 1.165) is 25.7 Å². The van der Waals surface area contributed by atoms with Crippen LogP contribution in [0.15, 0.2) is 23.4 Å². The van der Waals surface area contributed by atoms with Crippen LogP contribution in [0.25, 0.3) is 0 Å². The van der Waals surface area contributed by atoms with Gasteiger partial charge >= 0.3 is 0 Å². The Morgan fingerprint density at radius 2 is 2.15 bits per heavy atom. The van der Waals surface area contributed by atoms with Crippen molar-refractivity contribution in [1.82, 2.24) is 9.29 Å². The number of anilines is 1. The smallest absolute Gasteiger partial charge is 0.262 e. The van der Waals surface area contributed by atoms with Crippen molar-refractivity contribution < 1.29 is 8.42 Å². The number of aromatic nitrogens is 1. The summed E-state index contributed by atoms with van der Waals surface area (Å²) < 4.78 is 27.3. The first-order valence-electron chi connectivity index (χ1n) is 7.32. The Labute approximate surface area is 121 Å². The van der Waals surface area contributed by atoms with Crippen LogP contribution < -0.4 is 5.32 Å². The van der Waals surface area contributed by atoms with Crippen LogP contribution in [0.4, 0.5) is 5.69 Å². The van der Waals surface area contributed by atoms with E-state index >= 15 is 0 Å². The fourth-order valence-electron chi connectivity index (χ4n) is 2.21. The lowest BCUT2D eigenvalue weighted by Gasteiger charge is -2.22. The predicted octanol–water partition coefficient (Wildman–Crippen LogP) is 2.47. The van der Waals surface area contributed by atoms with Gasteiger partial charge in [-0.1, -0.05) is 13.3 Å². The number of pyridine rings is 1. The maximum Gasteiger partial charge on any atom is 0.262 e. The Balaban J connectivity index is 2.32. The first-order chi connectivity index (χ1) is 9.61. The van der Waals surface area contributed by atoms with Gasteiger partial charge in [-0.2, -0.15) is 4.31 Å². The van der Waals surface area contributed by atoms with Crippen molar-refractivity contribution in [2.24, 2.45) is 0 Å². The van der Waals surface area contributed by atoms with Gasteiger partial charge in [0, 0.05) is 25.3 Å². The summed E-state index contributed by atoms with van der Waals surface area (Å²) in [4.78, 5) is 4.12. The van der Waals surface area contributed by atoms with Gasteiger partial charge in [-0.15, -0.1) is 0 Å². The fraction of sp³-hybridized carbons (Fsp3) is 0.643. The summed E-state index contributed by atoms with van der Waals surface area (Å²) in [6.45, 7) is 5.28. The molecule has 0 radical (unpaired) electrons. The van der Waals surface area contributed by atoms with E-state index in [1.54, 1.807) is 22.6 Å². The Kier molecular flexibility index (Phi) is 4.99. The summed E-state index contributed by atoms with van der Waals surface area (Å²) in [5.74, 6) is 0. The van der Waals surface area contributed by atoms with Crippen LogP contribution in [0.2, 0.25) is 0 Å². The molecule has 5 nitrogen and oxygen atoms in total. The van der Waals surface area contributed by atoms with Crippen LogP contribution in [0.1, 0.15) is 39.5 Å². The van der Waals surface area contributed by atoms with Crippen LogP contribution in [0, 0.1) is 0 Å². The first-order valence-corrected chi connectivity index (χ1v) is 8.76. The third kappa shape index (κ3) is 3.30. The summed E-state index contributed by atoms with van der Waals surface area (Å²) >= 11 is 0. The average Bonchev–Trinajstić information content (AvgIpc) is 3.24. The SMILES string of the molecule is CCCCN(C1CC1)S(=O)(=O)c1ncccc1NCC. The quantitative estimate of drug-likeness (QED) is 0.800. The second-order valence-corrected chi connectivity index (χ2v) is 6.89. The normalized spacial score (nSPS) is 15.6. The van der Waals surface area contributed by atoms with E-state index in [1.807, 2.05) is 6.92 Å². The van der Waals surface area contributed by atoms with E-state index in [0.29, 0.717) is 18.8 Å². The number of nitrogens with one attached hydrogen (secondary N) is 1. The summed E-state index contributed by atoms with van der Waals surface area (Å²) in [6.07, 6.45) is 5.34. The van der Waals surface area contributed by atoms with E-state index < -0.39 is 10.0 Å². The Morgan fingerprint density at radius 3 is 2.75 bits per heavy atom. The molecule has 0 unspecified atom stereocenters. The molecule has 1 aromatic rings. The maximum atomic E-state index is 12.8. The van der Waals surface area contributed by atoms with Crippen LogP contribution in [-0.2, 0) is 10.0 Å². The van der Waals surface area contributed by atoms with Gasteiger partial charge in [0.2, 0.25) is 0 Å². The van der Waals surface area contributed by atoms with Gasteiger partial charge in [0.05, 0.1) is 5.69 Å². The molecule has 0 aromatic carbocycles. The third-order valence-electron chi connectivity index (χ3n) is 3.38. The average molecular weight is 297 g/mol. The van der Waals surface area contributed by atoms with Gasteiger partial charge < -0.3 is 5.32 Å². The zero-order valence-corrected chi connectivity index (χ0v) is 13.0. The second-order valence-electron chi connectivity index (χ2n) is 5.09. The van der Waals surface area contributed by atoms with Crippen molar-refractivity contribution in [3.63, 3.8) is 0 Å². The molecule has 6 heteroatoms. The molecular formula is C14H23N3O2S. The number of sulfonamides is 1. The molecule has 1 fully saturated rings. The van der Waals surface area contributed by atoms with Crippen molar-refractivity contribution in [2.75, 3.05) is 18.4 Å². The molecule has 0 spiro atoms. The molecule has 20 heavy (non-hydrogen) atoms. The lowest BCUT2D eigenvalue weighted by Crippen LogP contribution is -2.35. The van der Waals surface area contributed by atoms with Gasteiger partial charge in [0.15, 0.2) is 5.03 Å². The molecule has 1 aliphatic carbocycles. The highest BCUT2D eigenvalue weighted by Crippen LogP contribution is 2.33. The summed E-state index contributed by atoms with van der Waals surface area (Å²) in [5.41, 5.74) is 0.595. The fourth-order valence-corrected chi connectivity index (χ4v) is 4.01. The number of hydrogen-bond donors (Lipinski definition) is 1. The number of nitrogens with zero attached hydrogens (tertiary/aromatic N) is 2. The minimum atomic E-state index is -3.50. The summed E-state index contributed by atoms with van der Waals surface area (Å²) in [6, 6.07) is 3.70. The minimum Gasteiger partial charge on any atom is -0.383 e. The largest absolute Gasteiger partial charge is 0.383 e. The monoisotopic (exact) mass is 297 g/mol. The van der Waals surface area contributed by atoms with Gasteiger partial charge in [-0.3, -0.25) is 0 Å². The van der Waals surface area contributed by atoms with Crippen LogP contribution >= 0.6 is 0 Å². The molecule has 1 aliphatic rings. The van der Waals surface area contributed by atoms with Crippen molar-refractivity contribution in [1.29, 1.82) is 0 Å². The molecule has 1 N–H and O–H groups in total. The summed E-state index contributed by atoms with van der Waals surface area (Å²) in [7, 11) is -3.50. The highest BCUT2D eigenvalue weighted by atomic mass is 32.2. The highest BCUT2D eigenvalue weighted by molar-refractivity contribution is 7.89. The van der Waals surface area contributed by atoms with Crippen molar-refractivity contribution in [2.45, 2.75) is 50.6 Å². The van der Waals surface area contributed by atoms with Gasteiger partial charge in [0.1, 0.15) is 0 Å². The molecule has 0 saturated heterocycles. The Morgan fingerprint density at radius 1 is 1.40 bits per heavy atom. The molecule has 1 aromatic heterocycles. The van der Waals surface area contributed by atoms with E-state index in [1.165, 1.54) is 0 Å². The van der Waals surface area contributed by atoms with E-state index in [9.17, 15) is 8.42 Å². The molecule has 0 amide bonds. The lowest BCUT2D eigenvalue weighted by molar-refractivity contribution is 0.394. The van der Waals surface area contributed by atoms with Gasteiger partial charge in [-0.05, 0) is 38.3 Å². The first kappa shape index (κ1) is 15.3. The molecule has 0 bridgehead atoms. The lowest BCUT2D eigenvalue weighted by atomic mass is 10.3. The third-order valence-corrected chi connectivity index (χ3v) is 5.29. The van der Waals surface area contributed by atoms with Crippen molar-refractivity contribution in [3.05, 3.63) is 18.3 Å². The zero-order chi connectivity index (χ0) is 14.6. The molecule has 2 rings (SSSR count). The van der Waals surface area contributed by atoms with Crippen LogP contribution in [0.3, 0.4) is 0 Å². The molecule has 1 saturated carbocycles. The molecule has 0 atom stereocenters. The maximum absolute atomic E-state index is 12.8. The highest BCUT2D eigenvalue weighted by Gasteiger charge is 2.39. The Bertz CT molecular complexity index is 541. The van der Waals surface area contributed by atoms with Gasteiger partial charge in [0.25, 0.3) is 10.0 Å². The number of hydrogen-bond acceptors (Lipinski definition) is 4. The van der Waals surface area contributed by atoms with Crippen molar-refractivity contribution in [3.8, 4) is 0 Å². The second kappa shape index (κ2) is 6.54. The molecule has 0 aliphatic heterocycles. The van der Waals surface area contributed by atoms with E-state index in [2.05, 4.69) is 17.2 Å². The van der Waals surface area contributed by atoms with Crippen LogP contribution in [-0.4, -0.2) is 36.8 Å². The van der Waals surface area contributed by atoms with E-state index in [4.69, 9.17) is 0 Å². The van der Waals surface area contributed by atoms with Crippen LogP contribution in [0.5, 0.6) is 0 Å². The number of unbranched alkanes of at least 4 members (excludes halogenated alkanes) is 1. The number of rotatable bonds is 8. The Hall–Kier alpha value is -1.14. The van der Waals surface area contributed by atoms with E-state index in [-0.39, 0.29) is 11.1 Å². The zero-order valence-electron chi connectivity index (χ0n) is 12.2. The topological polar surface area (TPSA) is 62.3 Å². The molecule has 112 valence electrons.